The zero-order valence-electron chi connectivity index (χ0n) is 16.4. The molecule has 0 saturated carbocycles. The highest BCUT2D eigenvalue weighted by molar-refractivity contribution is 5.95. The van der Waals surface area contributed by atoms with E-state index in [0.29, 0.717) is 12.2 Å². The lowest BCUT2D eigenvalue weighted by atomic mass is 9.98. The highest BCUT2D eigenvalue weighted by Gasteiger charge is 2.23. The van der Waals surface area contributed by atoms with Gasteiger partial charge in [0.05, 0.1) is 17.9 Å². The van der Waals surface area contributed by atoms with Crippen LogP contribution in [0.1, 0.15) is 33.4 Å². The summed E-state index contributed by atoms with van der Waals surface area (Å²) in [5, 5.41) is 9.41. The largest absolute Gasteiger partial charge is 0.478 e. The number of nitrogens with zero attached hydrogens (tertiary/aromatic N) is 2. The highest BCUT2D eigenvalue weighted by atomic mass is 16.5. The molecule has 2 heterocycles. The van der Waals surface area contributed by atoms with E-state index in [9.17, 15) is 9.90 Å². The summed E-state index contributed by atoms with van der Waals surface area (Å²) in [6.45, 7) is 5.19. The summed E-state index contributed by atoms with van der Waals surface area (Å²) in [7, 11) is 0. The minimum Gasteiger partial charge on any atom is -0.478 e. The first-order chi connectivity index (χ1) is 14.1. The number of hydrogen-bond donors (Lipinski definition) is 1. The standard InChI is InChI=1S/C24H24N2O3/c1-17-5-4-8-22(25-17)23-16-26(13-14-29-23)15-18-9-11-19(12-10-18)20-6-2-3-7-21(20)24(27)28/h2-12,23H,13-16H2,1H3,(H,27,28). The molecule has 5 nitrogen and oxygen atoms in total. The summed E-state index contributed by atoms with van der Waals surface area (Å²) in [6.07, 6.45) is -0.00892. The predicted molar refractivity (Wildman–Crippen MR) is 112 cm³/mol. The Morgan fingerprint density at radius 2 is 1.90 bits per heavy atom. The molecule has 1 N–H and O–H groups in total. The maximum absolute atomic E-state index is 11.5. The molecular weight excluding hydrogens is 364 g/mol. The summed E-state index contributed by atoms with van der Waals surface area (Å²) >= 11 is 0. The predicted octanol–water partition coefficient (Wildman–Crippen LogP) is 4.33. The Bertz CT molecular complexity index is 1000. The fraction of sp³-hybridized carbons (Fsp3) is 0.250. The number of ether oxygens (including phenoxy) is 1. The van der Waals surface area contributed by atoms with Crippen LogP contribution in [0.15, 0.2) is 66.7 Å². The summed E-state index contributed by atoms with van der Waals surface area (Å²) < 4.78 is 5.94. The number of hydrogen-bond acceptors (Lipinski definition) is 4. The van der Waals surface area contributed by atoms with Gasteiger partial charge in [0, 0.05) is 25.3 Å². The second kappa shape index (κ2) is 8.55. The molecule has 1 saturated heterocycles. The molecule has 148 valence electrons. The second-order valence-corrected chi connectivity index (χ2v) is 7.35. The van der Waals surface area contributed by atoms with E-state index >= 15 is 0 Å². The monoisotopic (exact) mass is 388 g/mol. The van der Waals surface area contributed by atoms with Crippen LogP contribution in [0, 0.1) is 6.92 Å². The second-order valence-electron chi connectivity index (χ2n) is 7.35. The van der Waals surface area contributed by atoms with Gasteiger partial charge in [-0.1, -0.05) is 48.5 Å². The Kier molecular flexibility index (Phi) is 5.69. The van der Waals surface area contributed by atoms with E-state index < -0.39 is 5.97 Å². The lowest BCUT2D eigenvalue weighted by Gasteiger charge is -2.32. The molecule has 0 aliphatic carbocycles. The van der Waals surface area contributed by atoms with Crippen LogP contribution in [0.2, 0.25) is 0 Å². The van der Waals surface area contributed by atoms with Gasteiger partial charge in [-0.15, -0.1) is 0 Å². The van der Waals surface area contributed by atoms with Crippen molar-refractivity contribution >= 4 is 5.97 Å². The van der Waals surface area contributed by atoms with E-state index in [1.165, 1.54) is 5.56 Å². The molecular formula is C24H24N2O3. The van der Waals surface area contributed by atoms with Crippen molar-refractivity contribution in [3.8, 4) is 11.1 Å². The average Bonchev–Trinajstić information content (AvgIpc) is 2.74. The molecule has 2 aromatic carbocycles. The Morgan fingerprint density at radius 1 is 1.10 bits per heavy atom. The fourth-order valence-electron chi connectivity index (χ4n) is 3.74. The van der Waals surface area contributed by atoms with Gasteiger partial charge in [0.1, 0.15) is 6.10 Å². The van der Waals surface area contributed by atoms with Crippen molar-refractivity contribution in [1.29, 1.82) is 0 Å². The first kappa shape index (κ1) is 19.3. The molecule has 1 aliphatic rings. The number of carboxylic acids is 1. The van der Waals surface area contributed by atoms with E-state index in [1.54, 1.807) is 12.1 Å². The van der Waals surface area contributed by atoms with Gasteiger partial charge in [0.15, 0.2) is 0 Å². The van der Waals surface area contributed by atoms with Gasteiger partial charge in [0.25, 0.3) is 0 Å². The van der Waals surface area contributed by atoms with Crippen molar-refractivity contribution in [1.82, 2.24) is 9.88 Å². The zero-order chi connectivity index (χ0) is 20.2. The first-order valence-corrected chi connectivity index (χ1v) is 9.79. The molecule has 0 bridgehead atoms. The first-order valence-electron chi connectivity index (χ1n) is 9.79. The topological polar surface area (TPSA) is 62.7 Å². The molecule has 1 aromatic heterocycles. The minimum absolute atomic E-state index is 0.00892. The number of aromatic nitrogens is 1. The number of benzene rings is 2. The molecule has 1 fully saturated rings. The molecule has 1 atom stereocenters. The number of morpholine rings is 1. The van der Waals surface area contributed by atoms with Gasteiger partial charge in [-0.3, -0.25) is 9.88 Å². The Hall–Kier alpha value is -3.02. The number of pyridine rings is 1. The van der Waals surface area contributed by atoms with Crippen LogP contribution in [-0.4, -0.2) is 40.7 Å². The smallest absolute Gasteiger partial charge is 0.336 e. The molecule has 1 unspecified atom stereocenters. The van der Waals surface area contributed by atoms with E-state index in [1.807, 2.05) is 49.4 Å². The maximum Gasteiger partial charge on any atom is 0.336 e. The van der Waals surface area contributed by atoms with Gasteiger partial charge in [-0.2, -0.15) is 0 Å². The van der Waals surface area contributed by atoms with Crippen LogP contribution in [0.3, 0.4) is 0 Å². The third-order valence-electron chi connectivity index (χ3n) is 5.22. The summed E-state index contributed by atoms with van der Waals surface area (Å²) in [4.78, 5) is 18.4. The summed E-state index contributed by atoms with van der Waals surface area (Å²) in [5.41, 5.74) is 5.15. The molecule has 1 aliphatic heterocycles. The number of carboxylic acid groups (broad SMARTS) is 1. The average molecular weight is 388 g/mol. The molecule has 3 aromatic rings. The van der Waals surface area contributed by atoms with Crippen LogP contribution in [0.25, 0.3) is 11.1 Å². The lowest BCUT2D eigenvalue weighted by Crippen LogP contribution is -2.38. The van der Waals surface area contributed by atoms with Gasteiger partial charge in [0.2, 0.25) is 0 Å². The number of aromatic carboxylic acids is 1. The number of carbonyl (C=O) groups is 1. The normalized spacial score (nSPS) is 17.2. The van der Waals surface area contributed by atoms with E-state index in [-0.39, 0.29) is 6.10 Å². The zero-order valence-corrected chi connectivity index (χ0v) is 16.4. The van der Waals surface area contributed by atoms with Crippen molar-refractivity contribution < 1.29 is 14.6 Å². The van der Waals surface area contributed by atoms with E-state index in [0.717, 1.165) is 42.1 Å². The minimum atomic E-state index is -0.909. The number of aryl methyl sites for hydroxylation is 1. The fourth-order valence-corrected chi connectivity index (χ4v) is 3.74. The molecule has 4 rings (SSSR count). The van der Waals surface area contributed by atoms with Gasteiger partial charge < -0.3 is 9.84 Å². The van der Waals surface area contributed by atoms with Gasteiger partial charge >= 0.3 is 5.97 Å². The molecule has 0 amide bonds. The van der Waals surface area contributed by atoms with Gasteiger partial charge in [-0.05, 0) is 41.8 Å². The Labute approximate surface area is 170 Å². The van der Waals surface area contributed by atoms with Crippen LogP contribution in [-0.2, 0) is 11.3 Å². The van der Waals surface area contributed by atoms with Crippen molar-refractivity contribution in [2.45, 2.75) is 19.6 Å². The van der Waals surface area contributed by atoms with Crippen molar-refractivity contribution in [3.63, 3.8) is 0 Å². The third-order valence-corrected chi connectivity index (χ3v) is 5.22. The van der Waals surface area contributed by atoms with E-state index in [2.05, 4.69) is 22.0 Å². The van der Waals surface area contributed by atoms with Crippen LogP contribution in [0.5, 0.6) is 0 Å². The van der Waals surface area contributed by atoms with Crippen molar-refractivity contribution in [3.05, 3.63) is 89.2 Å². The molecule has 0 radical (unpaired) electrons. The third kappa shape index (κ3) is 4.53. The van der Waals surface area contributed by atoms with Crippen LogP contribution >= 0.6 is 0 Å². The maximum atomic E-state index is 11.5. The van der Waals surface area contributed by atoms with Crippen molar-refractivity contribution in [2.75, 3.05) is 19.7 Å². The van der Waals surface area contributed by atoms with Crippen molar-refractivity contribution in [2.24, 2.45) is 0 Å². The molecule has 29 heavy (non-hydrogen) atoms. The van der Waals surface area contributed by atoms with Gasteiger partial charge in [-0.25, -0.2) is 4.79 Å². The summed E-state index contributed by atoms with van der Waals surface area (Å²) in [5.74, 6) is -0.909. The van der Waals surface area contributed by atoms with Crippen LogP contribution < -0.4 is 0 Å². The Morgan fingerprint density at radius 3 is 2.66 bits per heavy atom. The van der Waals surface area contributed by atoms with Crippen LogP contribution in [0.4, 0.5) is 0 Å². The Balaban J connectivity index is 1.46. The quantitative estimate of drug-likeness (QED) is 0.705. The molecule has 0 spiro atoms. The lowest BCUT2D eigenvalue weighted by molar-refractivity contribution is -0.0350. The SMILES string of the molecule is Cc1cccc(C2CN(Cc3ccc(-c4ccccc4C(=O)O)cc3)CCO2)n1. The molecule has 5 heteroatoms. The van der Waals surface area contributed by atoms with E-state index in [4.69, 9.17) is 4.74 Å². The summed E-state index contributed by atoms with van der Waals surface area (Å²) in [6, 6.07) is 21.3. The number of rotatable bonds is 5. The highest BCUT2D eigenvalue weighted by Crippen LogP contribution is 2.26.